The van der Waals surface area contributed by atoms with Gasteiger partial charge in [0.05, 0.1) is 14.2 Å². The molecule has 1 aliphatic rings. The number of hydrogen-bond acceptors (Lipinski definition) is 4. The number of hydrogen-bond donors (Lipinski definition) is 1. The fourth-order valence-electron chi connectivity index (χ4n) is 2.13. The molecule has 5 heteroatoms. The van der Waals surface area contributed by atoms with Crippen LogP contribution in [-0.2, 0) is 6.54 Å². The lowest BCUT2D eigenvalue weighted by Crippen LogP contribution is -2.42. The average molecular weight is 271 g/mol. The minimum Gasteiger partial charge on any atom is -0.493 e. The number of nitrogens with one attached hydrogen (secondary N) is 1. The van der Waals surface area contributed by atoms with E-state index in [1.807, 2.05) is 12.1 Å². The highest BCUT2D eigenvalue weighted by atomic mass is 35.5. The first-order valence-corrected chi connectivity index (χ1v) is 6.46. The summed E-state index contributed by atoms with van der Waals surface area (Å²) in [5, 5.41) is 4.06. The van der Waals surface area contributed by atoms with Crippen molar-refractivity contribution in [3.05, 3.63) is 22.7 Å². The van der Waals surface area contributed by atoms with Crippen LogP contribution in [0, 0.1) is 0 Å². The van der Waals surface area contributed by atoms with Crippen molar-refractivity contribution in [3.63, 3.8) is 0 Å². The van der Waals surface area contributed by atoms with Gasteiger partial charge < -0.3 is 14.8 Å². The van der Waals surface area contributed by atoms with Crippen LogP contribution in [0.25, 0.3) is 0 Å². The molecule has 1 aromatic carbocycles. The molecule has 1 aliphatic heterocycles. The van der Waals surface area contributed by atoms with Gasteiger partial charge in [-0.2, -0.15) is 0 Å². The molecule has 2 rings (SSSR count). The van der Waals surface area contributed by atoms with E-state index in [2.05, 4.69) is 10.2 Å². The van der Waals surface area contributed by atoms with E-state index < -0.39 is 0 Å². The maximum Gasteiger partial charge on any atom is 0.162 e. The lowest BCUT2D eigenvalue weighted by molar-refractivity contribution is 0.233. The van der Waals surface area contributed by atoms with Crippen LogP contribution < -0.4 is 14.8 Å². The quantitative estimate of drug-likeness (QED) is 0.904. The van der Waals surface area contributed by atoms with Crippen molar-refractivity contribution in [2.45, 2.75) is 6.54 Å². The van der Waals surface area contributed by atoms with E-state index in [4.69, 9.17) is 21.1 Å². The summed E-state index contributed by atoms with van der Waals surface area (Å²) in [6.45, 7) is 5.01. The third-order valence-electron chi connectivity index (χ3n) is 3.16. The predicted molar refractivity (Wildman–Crippen MR) is 72.7 cm³/mol. The molecule has 0 aromatic heterocycles. The van der Waals surface area contributed by atoms with Crippen LogP contribution in [0.3, 0.4) is 0 Å². The number of rotatable bonds is 4. The SMILES string of the molecule is COc1cc(Cl)c(CN2CCNCC2)cc1OC. The Kier molecular flexibility index (Phi) is 4.69. The summed E-state index contributed by atoms with van der Waals surface area (Å²) in [6, 6.07) is 3.78. The molecule has 1 aromatic rings. The number of halogens is 1. The van der Waals surface area contributed by atoms with E-state index in [1.54, 1.807) is 14.2 Å². The summed E-state index contributed by atoms with van der Waals surface area (Å²) in [4.78, 5) is 2.38. The maximum atomic E-state index is 6.28. The summed E-state index contributed by atoms with van der Waals surface area (Å²) in [6.07, 6.45) is 0. The molecule has 0 radical (unpaired) electrons. The molecule has 0 aliphatic carbocycles. The third-order valence-corrected chi connectivity index (χ3v) is 3.51. The number of methoxy groups -OCH3 is 2. The van der Waals surface area contributed by atoms with Crippen molar-refractivity contribution >= 4 is 11.6 Å². The van der Waals surface area contributed by atoms with Gasteiger partial charge in [-0.25, -0.2) is 0 Å². The van der Waals surface area contributed by atoms with Crippen LogP contribution in [0.1, 0.15) is 5.56 Å². The average Bonchev–Trinajstić information content (AvgIpc) is 2.41. The summed E-state index contributed by atoms with van der Waals surface area (Å²) in [5.41, 5.74) is 1.08. The van der Waals surface area contributed by atoms with Gasteiger partial charge in [-0.05, 0) is 11.6 Å². The van der Waals surface area contributed by atoms with E-state index in [0.717, 1.165) is 49.1 Å². The maximum absolute atomic E-state index is 6.28. The van der Waals surface area contributed by atoms with E-state index in [-0.39, 0.29) is 0 Å². The van der Waals surface area contributed by atoms with Crippen molar-refractivity contribution in [3.8, 4) is 11.5 Å². The summed E-state index contributed by atoms with van der Waals surface area (Å²) in [5.74, 6) is 1.40. The van der Waals surface area contributed by atoms with Crippen LogP contribution in [0.4, 0.5) is 0 Å². The molecular weight excluding hydrogens is 252 g/mol. The second-order valence-corrected chi connectivity index (χ2v) is 4.73. The van der Waals surface area contributed by atoms with Crippen LogP contribution in [0.5, 0.6) is 11.5 Å². The summed E-state index contributed by atoms with van der Waals surface area (Å²) >= 11 is 6.28. The first-order valence-electron chi connectivity index (χ1n) is 6.08. The molecule has 0 atom stereocenters. The number of nitrogens with zero attached hydrogens (tertiary/aromatic N) is 1. The van der Waals surface area contributed by atoms with Crippen molar-refractivity contribution in [2.75, 3.05) is 40.4 Å². The van der Waals surface area contributed by atoms with Gasteiger partial charge in [-0.1, -0.05) is 11.6 Å². The Morgan fingerprint density at radius 1 is 1.17 bits per heavy atom. The predicted octanol–water partition coefficient (Wildman–Crippen LogP) is 1.76. The van der Waals surface area contributed by atoms with Gasteiger partial charge in [-0.15, -0.1) is 0 Å². The van der Waals surface area contributed by atoms with Gasteiger partial charge in [-0.3, -0.25) is 4.90 Å². The second-order valence-electron chi connectivity index (χ2n) is 4.32. The summed E-state index contributed by atoms with van der Waals surface area (Å²) < 4.78 is 10.5. The Morgan fingerprint density at radius 3 is 2.39 bits per heavy atom. The highest BCUT2D eigenvalue weighted by molar-refractivity contribution is 6.31. The molecule has 0 saturated carbocycles. The normalized spacial score (nSPS) is 16.6. The third kappa shape index (κ3) is 3.07. The Balaban J connectivity index is 2.16. The monoisotopic (exact) mass is 270 g/mol. The zero-order chi connectivity index (χ0) is 13.0. The Morgan fingerprint density at radius 2 is 1.78 bits per heavy atom. The van der Waals surface area contributed by atoms with Crippen molar-refractivity contribution in [1.82, 2.24) is 10.2 Å². The largest absolute Gasteiger partial charge is 0.493 e. The van der Waals surface area contributed by atoms with E-state index in [0.29, 0.717) is 5.75 Å². The van der Waals surface area contributed by atoms with Crippen LogP contribution >= 0.6 is 11.6 Å². The smallest absolute Gasteiger partial charge is 0.162 e. The highest BCUT2D eigenvalue weighted by Gasteiger charge is 2.14. The van der Waals surface area contributed by atoms with Crippen LogP contribution in [0.2, 0.25) is 5.02 Å². The fraction of sp³-hybridized carbons (Fsp3) is 0.538. The van der Waals surface area contributed by atoms with Gasteiger partial charge in [0, 0.05) is 43.8 Å². The molecule has 1 N–H and O–H groups in total. The summed E-state index contributed by atoms with van der Waals surface area (Å²) in [7, 11) is 3.25. The minimum atomic E-state index is 0.673. The molecule has 4 nitrogen and oxygen atoms in total. The highest BCUT2D eigenvalue weighted by Crippen LogP contribution is 2.33. The zero-order valence-corrected chi connectivity index (χ0v) is 11.6. The molecule has 18 heavy (non-hydrogen) atoms. The molecule has 100 valence electrons. The molecule has 0 amide bonds. The van der Waals surface area contributed by atoms with E-state index in [9.17, 15) is 0 Å². The van der Waals surface area contributed by atoms with Gasteiger partial charge in [0.2, 0.25) is 0 Å². The topological polar surface area (TPSA) is 33.7 Å². The molecule has 1 heterocycles. The van der Waals surface area contributed by atoms with E-state index >= 15 is 0 Å². The zero-order valence-electron chi connectivity index (χ0n) is 10.8. The minimum absolute atomic E-state index is 0.673. The number of ether oxygens (including phenoxy) is 2. The lowest BCUT2D eigenvalue weighted by Gasteiger charge is -2.27. The molecular formula is C13H19ClN2O2. The standard InChI is InChI=1S/C13H19ClN2O2/c1-17-12-7-10(11(14)8-13(12)18-2)9-16-5-3-15-4-6-16/h7-8,15H,3-6,9H2,1-2H3. The molecule has 1 saturated heterocycles. The first-order chi connectivity index (χ1) is 8.74. The fourth-order valence-corrected chi connectivity index (χ4v) is 2.34. The number of piperazine rings is 1. The van der Waals surface area contributed by atoms with Crippen molar-refractivity contribution < 1.29 is 9.47 Å². The first kappa shape index (κ1) is 13.5. The Hall–Kier alpha value is -0.970. The van der Waals surface area contributed by atoms with Gasteiger partial charge >= 0.3 is 0 Å². The van der Waals surface area contributed by atoms with Crippen LogP contribution in [0.15, 0.2) is 12.1 Å². The molecule has 0 spiro atoms. The van der Waals surface area contributed by atoms with Crippen LogP contribution in [-0.4, -0.2) is 45.3 Å². The van der Waals surface area contributed by atoms with E-state index in [1.165, 1.54) is 0 Å². The van der Waals surface area contributed by atoms with Gasteiger partial charge in [0.25, 0.3) is 0 Å². The second kappa shape index (κ2) is 6.27. The van der Waals surface area contributed by atoms with Gasteiger partial charge in [0.1, 0.15) is 0 Å². The Labute approximate surface area is 113 Å². The van der Waals surface area contributed by atoms with Crippen molar-refractivity contribution in [2.24, 2.45) is 0 Å². The Bertz CT molecular complexity index is 406. The van der Waals surface area contributed by atoms with Gasteiger partial charge in [0.15, 0.2) is 11.5 Å². The molecule has 1 fully saturated rings. The molecule has 0 bridgehead atoms. The lowest BCUT2D eigenvalue weighted by atomic mass is 10.1. The molecule has 0 unspecified atom stereocenters. The number of benzene rings is 1. The van der Waals surface area contributed by atoms with Crippen molar-refractivity contribution in [1.29, 1.82) is 0 Å².